The van der Waals surface area contributed by atoms with E-state index in [0.29, 0.717) is 5.92 Å². The van der Waals surface area contributed by atoms with Gasteiger partial charge in [-0.15, -0.1) is 0 Å². The van der Waals surface area contributed by atoms with Gasteiger partial charge in [0.1, 0.15) is 17.2 Å². The predicted octanol–water partition coefficient (Wildman–Crippen LogP) is 9.75. The van der Waals surface area contributed by atoms with Crippen molar-refractivity contribution < 1.29 is 0 Å². The molecule has 0 N–H and O–H groups in total. The molecule has 0 bridgehead atoms. The summed E-state index contributed by atoms with van der Waals surface area (Å²) >= 11 is 0. The molecule has 0 aliphatic rings. The third-order valence-corrected chi connectivity index (χ3v) is 8.50. The highest BCUT2D eigenvalue weighted by Gasteiger charge is 2.40. The molecular weight excluding hydrogens is 591 g/mol. The van der Waals surface area contributed by atoms with E-state index in [1.165, 1.54) is 0 Å². The van der Waals surface area contributed by atoms with Gasteiger partial charge in [0.25, 0.3) is 0 Å². The van der Waals surface area contributed by atoms with Crippen LogP contribution in [0.4, 0.5) is 28.7 Å². The number of pyridine rings is 3. The van der Waals surface area contributed by atoms with E-state index < -0.39 is 5.54 Å². The highest BCUT2D eigenvalue weighted by molar-refractivity contribution is 5.73. The molecule has 48 heavy (non-hydrogen) atoms. The molecule has 0 amide bonds. The molecule has 7 heteroatoms. The van der Waals surface area contributed by atoms with Gasteiger partial charge in [-0.25, -0.2) is 19.6 Å². The summed E-state index contributed by atoms with van der Waals surface area (Å²) in [5.74, 6) is 2.57. The minimum absolute atomic E-state index is 0.310. The first-order valence-corrected chi connectivity index (χ1v) is 16.2. The quantitative estimate of drug-likeness (QED) is 0.150. The molecule has 4 aromatic heterocycles. The molecular formula is C41H37N7. The summed E-state index contributed by atoms with van der Waals surface area (Å²) < 4.78 is 1.86. The van der Waals surface area contributed by atoms with Crippen LogP contribution >= 0.6 is 0 Å². The minimum atomic E-state index is -0.880. The third-order valence-electron chi connectivity index (χ3n) is 8.50. The van der Waals surface area contributed by atoms with Gasteiger partial charge in [-0.3, -0.25) is 4.90 Å². The van der Waals surface area contributed by atoms with Crippen LogP contribution in [0.2, 0.25) is 0 Å². The molecule has 3 aromatic carbocycles. The Morgan fingerprint density at radius 2 is 1.12 bits per heavy atom. The molecule has 0 saturated carbocycles. The lowest BCUT2D eigenvalue weighted by atomic mass is 9.88. The van der Waals surface area contributed by atoms with Crippen LogP contribution in [0.1, 0.15) is 43.8 Å². The van der Waals surface area contributed by atoms with Gasteiger partial charge in [0.05, 0.1) is 17.1 Å². The van der Waals surface area contributed by atoms with Crippen LogP contribution in [-0.2, 0) is 5.54 Å². The maximum Gasteiger partial charge on any atom is 0.153 e. The van der Waals surface area contributed by atoms with E-state index in [2.05, 4.69) is 122 Å². The van der Waals surface area contributed by atoms with Gasteiger partial charge in [-0.1, -0.05) is 86.6 Å². The summed E-state index contributed by atoms with van der Waals surface area (Å²) in [5, 5.41) is 4.85. The fourth-order valence-electron chi connectivity index (χ4n) is 6.04. The number of para-hydroxylation sites is 3. The highest BCUT2D eigenvalue weighted by Crippen LogP contribution is 2.44. The van der Waals surface area contributed by atoms with Crippen LogP contribution < -0.4 is 9.80 Å². The summed E-state index contributed by atoms with van der Waals surface area (Å²) in [6, 6.07) is 51.4. The van der Waals surface area contributed by atoms with E-state index in [4.69, 9.17) is 20.1 Å². The Morgan fingerprint density at radius 1 is 0.562 bits per heavy atom. The van der Waals surface area contributed by atoms with Crippen LogP contribution in [0.3, 0.4) is 0 Å². The predicted molar refractivity (Wildman–Crippen MR) is 194 cm³/mol. The Bertz CT molecular complexity index is 2000. The van der Waals surface area contributed by atoms with Crippen LogP contribution in [0.25, 0.3) is 5.82 Å². The van der Waals surface area contributed by atoms with Gasteiger partial charge in [-0.05, 0) is 91.7 Å². The van der Waals surface area contributed by atoms with Crippen molar-refractivity contribution in [1.82, 2.24) is 24.7 Å². The second-order valence-corrected chi connectivity index (χ2v) is 12.0. The number of anilines is 5. The first kappa shape index (κ1) is 30.6. The van der Waals surface area contributed by atoms with Crippen LogP contribution in [-0.4, -0.2) is 24.7 Å². The van der Waals surface area contributed by atoms with Crippen molar-refractivity contribution in [2.45, 2.75) is 32.2 Å². The number of hydrogen-bond acceptors (Lipinski definition) is 6. The summed E-state index contributed by atoms with van der Waals surface area (Å²) in [4.78, 5) is 19.9. The van der Waals surface area contributed by atoms with Gasteiger partial charge >= 0.3 is 0 Å². The standard InChI is InChI=1S/C41H37N7/c1-31(2)35-28-30-46(45-35)39-26-15-23-36(43-39)41(3,48(33-19-9-5-10-20-33)34-21-11-6-12-22-34)37-24-16-27-40(44-37)47(32-17-7-4-8-18-32)38-25-13-14-29-42-38/h4-31H,1-3H3. The Balaban J connectivity index is 1.47. The number of benzene rings is 3. The lowest BCUT2D eigenvalue weighted by Gasteiger charge is -2.42. The zero-order chi connectivity index (χ0) is 32.9. The maximum atomic E-state index is 5.46. The average molecular weight is 628 g/mol. The Morgan fingerprint density at radius 3 is 1.71 bits per heavy atom. The maximum absolute atomic E-state index is 5.46. The first-order chi connectivity index (χ1) is 23.5. The third kappa shape index (κ3) is 5.94. The molecule has 0 aliphatic carbocycles. The fourth-order valence-corrected chi connectivity index (χ4v) is 6.04. The van der Waals surface area contributed by atoms with Crippen molar-refractivity contribution >= 4 is 28.7 Å². The number of nitrogens with zero attached hydrogens (tertiary/aromatic N) is 7. The zero-order valence-corrected chi connectivity index (χ0v) is 27.3. The zero-order valence-electron chi connectivity index (χ0n) is 27.3. The Kier molecular flexibility index (Phi) is 8.49. The smallest absolute Gasteiger partial charge is 0.153 e. The van der Waals surface area contributed by atoms with Gasteiger partial charge in [0.2, 0.25) is 0 Å². The van der Waals surface area contributed by atoms with Crippen LogP contribution in [0, 0.1) is 0 Å². The lowest BCUT2D eigenvalue weighted by Crippen LogP contribution is -2.43. The van der Waals surface area contributed by atoms with Crippen molar-refractivity contribution in [2.24, 2.45) is 0 Å². The van der Waals surface area contributed by atoms with Crippen LogP contribution in [0.15, 0.2) is 164 Å². The van der Waals surface area contributed by atoms with Gasteiger partial charge in [0.15, 0.2) is 5.82 Å². The number of aromatic nitrogens is 5. The van der Waals surface area contributed by atoms with Crippen molar-refractivity contribution in [1.29, 1.82) is 0 Å². The Hall–Kier alpha value is -6.08. The molecule has 7 aromatic rings. The molecule has 7 nitrogen and oxygen atoms in total. The summed E-state index contributed by atoms with van der Waals surface area (Å²) in [6.45, 7) is 6.49. The number of rotatable bonds is 10. The molecule has 7 rings (SSSR count). The second kappa shape index (κ2) is 13.3. The molecule has 0 spiro atoms. The van der Waals surface area contributed by atoms with E-state index in [9.17, 15) is 0 Å². The SMILES string of the molecule is CC(C)c1ccn(-c2cccc(C(C)(c3cccc(N(c4ccccc4)c4ccccn4)n3)N(c3ccccc3)c3ccccc3)n2)n1. The van der Waals surface area contributed by atoms with Crippen molar-refractivity contribution in [3.8, 4) is 5.82 Å². The molecule has 0 radical (unpaired) electrons. The fraction of sp³-hybridized carbons (Fsp3) is 0.122. The van der Waals surface area contributed by atoms with Gasteiger partial charge in [0, 0.05) is 29.5 Å². The van der Waals surface area contributed by atoms with Gasteiger partial charge < -0.3 is 4.90 Å². The lowest BCUT2D eigenvalue weighted by molar-refractivity contribution is 0.542. The van der Waals surface area contributed by atoms with Crippen molar-refractivity contribution in [3.05, 3.63) is 181 Å². The molecule has 236 valence electrons. The molecule has 1 unspecified atom stereocenters. The summed E-state index contributed by atoms with van der Waals surface area (Å²) in [7, 11) is 0. The topological polar surface area (TPSA) is 63.0 Å². The highest BCUT2D eigenvalue weighted by atomic mass is 15.3. The molecule has 0 fully saturated rings. The van der Waals surface area contributed by atoms with Gasteiger partial charge in [-0.2, -0.15) is 5.10 Å². The molecule has 0 saturated heterocycles. The van der Waals surface area contributed by atoms with Crippen molar-refractivity contribution in [2.75, 3.05) is 9.80 Å². The Labute approximate surface area is 281 Å². The number of hydrogen-bond donors (Lipinski definition) is 0. The van der Waals surface area contributed by atoms with E-state index in [1.54, 1.807) is 6.20 Å². The van der Waals surface area contributed by atoms with Crippen LogP contribution in [0.5, 0.6) is 0 Å². The van der Waals surface area contributed by atoms with E-state index in [1.807, 2.05) is 71.5 Å². The average Bonchev–Trinajstić information content (AvgIpc) is 3.65. The normalized spacial score (nSPS) is 12.4. The second-order valence-electron chi connectivity index (χ2n) is 12.0. The summed E-state index contributed by atoms with van der Waals surface area (Å²) in [5.41, 5.74) is 4.76. The minimum Gasteiger partial charge on any atom is -0.324 e. The summed E-state index contributed by atoms with van der Waals surface area (Å²) in [6.07, 6.45) is 3.79. The van der Waals surface area contributed by atoms with E-state index in [0.717, 1.165) is 51.6 Å². The molecule has 4 heterocycles. The molecule has 0 aliphatic heterocycles. The van der Waals surface area contributed by atoms with Crippen molar-refractivity contribution in [3.63, 3.8) is 0 Å². The van der Waals surface area contributed by atoms with E-state index in [-0.39, 0.29) is 0 Å². The first-order valence-electron chi connectivity index (χ1n) is 16.2. The van der Waals surface area contributed by atoms with E-state index >= 15 is 0 Å². The monoisotopic (exact) mass is 627 g/mol. The molecule has 1 atom stereocenters. The largest absolute Gasteiger partial charge is 0.324 e.